The summed E-state index contributed by atoms with van der Waals surface area (Å²) in [4.78, 5) is 23.8. The van der Waals surface area contributed by atoms with Crippen molar-refractivity contribution in [1.82, 2.24) is 4.90 Å². The molecule has 2 amide bonds. The normalized spacial score (nSPS) is 24.0. The van der Waals surface area contributed by atoms with Crippen LogP contribution in [-0.2, 0) is 9.59 Å². The summed E-state index contributed by atoms with van der Waals surface area (Å²) in [5, 5.41) is 0. The van der Waals surface area contributed by atoms with E-state index in [1.807, 2.05) is 6.92 Å². The molecule has 66 valence electrons. The van der Waals surface area contributed by atoms with E-state index < -0.39 is 0 Å². The minimum atomic E-state index is -0.187. The number of imide groups is 1. The molecule has 1 atom stereocenters. The fourth-order valence-electron chi connectivity index (χ4n) is 1.39. The molecule has 1 fully saturated rings. The topological polar surface area (TPSA) is 37.4 Å². The molecule has 0 spiro atoms. The van der Waals surface area contributed by atoms with Gasteiger partial charge in [-0.05, 0) is 26.3 Å². The SMILES string of the molecule is CC=CC(=O)N1C(=O)CCC1C. The molecule has 3 heteroatoms. The van der Waals surface area contributed by atoms with E-state index in [9.17, 15) is 9.59 Å². The number of nitrogens with zero attached hydrogens (tertiary/aromatic N) is 1. The number of likely N-dealkylation sites (tertiary alicyclic amines) is 1. The molecule has 3 nitrogen and oxygen atoms in total. The van der Waals surface area contributed by atoms with Gasteiger partial charge in [0.1, 0.15) is 0 Å². The smallest absolute Gasteiger partial charge is 0.253 e. The average Bonchev–Trinajstić information content (AvgIpc) is 2.32. The van der Waals surface area contributed by atoms with Gasteiger partial charge < -0.3 is 0 Å². The Balaban J connectivity index is 2.72. The highest BCUT2D eigenvalue weighted by atomic mass is 16.2. The molecule has 1 heterocycles. The largest absolute Gasteiger partial charge is 0.276 e. The fourth-order valence-corrected chi connectivity index (χ4v) is 1.39. The number of hydrogen-bond donors (Lipinski definition) is 0. The maximum atomic E-state index is 11.3. The van der Waals surface area contributed by atoms with Crippen molar-refractivity contribution in [3.8, 4) is 0 Å². The summed E-state index contributed by atoms with van der Waals surface area (Å²) in [7, 11) is 0. The third-order valence-electron chi connectivity index (χ3n) is 2.03. The molecule has 1 saturated heterocycles. The van der Waals surface area contributed by atoms with Crippen LogP contribution in [0.25, 0.3) is 0 Å². The second-order valence-corrected chi connectivity index (χ2v) is 2.99. The minimum Gasteiger partial charge on any atom is -0.276 e. The van der Waals surface area contributed by atoms with Crippen molar-refractivity contribution >= 4 is 11.8 Å². The summed E-state index contributed by atoms with van der Waals surface area (Å²) in [6.07, 6.45) is 4.38. The van der Waals surface area contributed by atoms with Gasteiger partial charge in [-0.15, -0.1) is 0 Å². The molecule has 1 aliphatic heterocycles. The highest BCUT2D eigenvalue weighted by Crippen LogP contribution is 2.18. The first-order chi connectivity index (χ1) is 5.66. The zero-order valence-electron chi connectivity index (χ0n) is 7.41. The summed E-state index contributed by atoms with van der Waals surface area (Å²) in [6.45, 7) is 3.66. The highest BCUT2D eigenvalue weighted by molar-refractivity contribution is 6.02. The van der Waals surface area contributed by atoms with E-state index >= 15 is 0 Å². The lowest BCUT2D eigenvalue weighted by atomic mass is 10.2. The molecule has 0 aliphatic carbocycles. The number of amides is 2. The summed E-state index contributed by atoms with van der Waals surface area (Å²) >= 11 is 0. The Hall–Kier alpha value is -1.12. The number of allylic oxidation sites excluding steroid dienone is 1. The lowest BCUT2D eigenvalue weighted by molar-refractivity contribution is -0.140. The van der Waals surface area contributed by atoms with E-state index in [1.54, 1.807) is 13.0 Å². The van der Waals surface area contributed by atoms with Crippen molar-refractivity contribution < 1.29 is 9.59 Å². The van der Waals surface area contributed by atoms with Crippen molar-refractivity contribution in [2.75, 3.05) is 0 Å². The first-order valence-corrected chi connectivity index (χ1v) is 4.15. The third-order valence-corrected chi connectivity index (χ3v) is 2.03. The number of rotatable bonds is 1. The van der Waals surface area contributed by atoms with Crippen molar-refractivity contribution in [2.45, 2.75) is 32.7 Å². The van der Waals surface area contributed by atoms with Gasteiger partial charge in [-0.25, -0.2) is 0 Å². The molecule has 0 bridgehead atoms. The van der Waals surface area contributed by atoms with Crippen LogP contribution in [-0.4, -0.2) is 22.8 Å². The Labute approximate surface area is 72.0 Å². The standard InChI is InChI=1S/C9H13NO2/c1-3-4-8(11)10-7(2)5-6-9(10)12/h3-4,7H,5-6H2,1-2H3. The lowest BCUT2D eigenvalue weighted by Crippen LogP contribution is -2.35. The van der Waals surface area contributed by atoms with Crippen molar-refractivity contribution in [3.05, 3.63) is 12.2 Å². The van der Waals surface area contributed by atoms with E-state index in [0.717, 1.165) is 6.42 Å². The number of hydrogen-bond acceptors (Lipinski definition) is 2. The van der Waals surface area contributed by atoms with Gasteiger partial charge >= 0.3 is 0 Å². The Bertz CT molecular complexity index is 233. The summed E-state index contributed by atoms with van der Waals surface area (Å²) < 4.78 is 0. The van der Waals surface area contributed by atoms with Crippen LogP contribution in [0.4, 0.5) is 0 Å². The molecular weight excluding hydrogens is 154 g/mol. The number of carbonyl (C=O) groups is 2. The molecule has 1 unspecified atom stereocenters. The second kappa shape index (κ2) is 3.52. The van der Waals surface area contributed by atoms with Gasteiger partial charge in [-0.1, -0.05) is 6.08 Å². The van der Waals surface area contributed by atoms with Crippen LogP contribution in [0.5, 0.6) is 0 Å². The predicted octanol–water partition coefficient (Wildman–Crippen LogP) is 1.10. The van der Waals surface area contributed by atoms with Gasteiger partial charge in [-0.2, -0.15) is 0 Å². The lowest BCUT2D eigenvalue weighted by Gasteiger charge is -2.16. The van der Waals surface area contributed by atoms with Crippen LogP contribution in [0.3, 0.4) is 0 Å². The van der Waals surface area contributed by atoms with E-state index in [0.29, 0.717) is 6.42 Å². The first kappa shape index (κ1) is 8.97. The van der Waals surface area contributed by atoms with Gasteiger partial charge in [0.05, 0.1) is 0 Å². The maximum absolute atomic E-state index is 11.3. The monoisotopic (exact) mass is 167 g/mol. The van der Waals surface area contributed by atoms with Crippen molar-refractivity contribution in [1.29, 1.82) is 0 Å². The highest BCUT2D eigenvalue weighted by Gasteiger charge is 2.31. The predicted molar refractivity (Wildman–Crippen MR) is 45.4 cm³/mol. The van der Waals surface area contributed by atoms with Gasteiger partial charge in [0.15, 0.2) is 0 Å². The van der Waals surface area contributed by atoms with Gasteiger partial charge in [0.2, 0.25) is 5.91 Å². The van der Waals surface area contributed by atoms with Crippen LogP contribution in [0.15, 0.2) is 12.2 Å². The third kappa shape index (κ3) is 1.55. The van der Waals surface area contributed by atoms with E-state index in [4.69, 9.17) is 0 Å². The molecular formula is C9H13NO2. The Kier molecular flexibility index (Phi) is 2.63. The summed E-state index contributed by atoms with van der Waals surface area (Å²) in [5.74, 6) is -0.238. The van der Waals surface area contributed by atoms with E-state index in [2.05, 4.69) is 0 Å². The summed E-state index contributed by atoms with van der Waals surface area (Å²) in [5.41, 5.74) is 0. The van der Waals surface area contributed by atoms with E-state index in [-0.39, 0.29) is 17.9 Å². The fraction of sp³-hybridized carbons (Fsp3) is 0.556. The zero-order valence-corrected chi connectivity index (χ0v) is 7.41. The number of carbonyl (C=O) groups excluding carboxylic acids is 2. The Morgan fingerprint density at radius 2 is 2.33 bits per heavy atom. The van der Waals surface area contributed by atoms with Gasteiger partial charge in [0.25, 0.3) is 5.91 Å². The molecule has 1 rings (SSSR count). The molecule has 0 radical (unpaired) electrons. The zero-order chi connectivity index (χ0) is 9.14. The van der Waals surface area contributed by atoms with Crippen LogP contribution >= 0.6 is 0 Å². The molecule has 1 aliphatic rings. The molecule has 12 heavy (non-hydrogen) atoms. The molecule has 0 aromatic carbocycles. The van der Waals surface area contributed by atoms with Gasteiger partial charge in [0, 0.05) is 12.5 Å². The average molecular weight is 167 g/mol. The Morgan fingerprint density at radius 1 is 1.67 bits per heavy atom. The molecule has 0 aromatic heterocycles. The van der Waals surface area contributed by atoms with Crippen molar-refractivity contribution in [2.24, 2.45) is 0 Å². The van der Waals surface area contributed by atoms with Crippen LogP contribution in [0.1, 0.15) is 26.7 Å². The maximum Gasteiger partial charge on any atom is 0.253 e. The molecule has 0 saturated carbocycles. The Morgan fingerprint density at radius 3 is 2.75 bits per heavy atom. The minimum absolute atomic E-state index is 0.0504. The van der Waals surface area contributed by atoms with E-state index in [1.165, 1.54) is 11.0 Å². The molecule has 0 N–H and O–H groups in total. The first-order valence-electron chi connectivity index (χ1n) is 4.15. The quantitative estimate of drug-likeness (QED) is 0.548. The molecule has 0 aromatic rings. The van der Waals surface area contributed by atoms with Crippen molar-refractivity contribution in [3.63, 3.8) is 0 Å². The second-order valence-electron chi connectivity index (χ2n) is 2.99. The summed E-state index contributed by atoms with van der Waals surface area (Å²) in [6, 6.07) is 0.0706. The van der Waals surface area contributed by atoms with Crippen LogP contribution < -0.4 is 0 Å². The van der Waals surface area contributed by atoms with Gasteiger partial charge in [-0.3, -0.25) is 14.5 Å². The van der Waals surface area contributed by atoms with Crippen LogP contribution in [0.2, 0.25) is 0 Å². The van der Waals surface area contributed by atoms with Crippen LogP contribution in [0, 0.1) is 0 Å².